The highest BCUT2D eigenvalue weighted by atomic mass is 28.3. The van der Waals surface area contributed by atoms with Gasteiger partial charge in [0, 0.05) is 50.2 Å². The lowest BCUT2D eigenvalue weighted by molar-refractivity contribution is 0.246. The molecule has 0 aliphatic heterocycles. The van der Waals surface area contributed by atoms with Gasteiger partial charge in [-0.05, 0) is 178 Å². The fourth-order valence-corrected chi connectivity index (χ4v) is 15.5. The topological polar surface area (TPSA) is 68.8 Å². The molecule has 2 N–H and O–H groups in total. The van der Waals surface area contributed by atoms with Crippen LogP contribution in [-0.2, 0) is 21.7 Å². The third-order valence-corrected chi connectivity index (χ3v) is 20.3. The first-order chi connectivity index (χ1) is 41.6. The van der Waals surface area contributed by atoms with Crippen molar-refractivity contribution >= 4 is 56.9 Å². The Bertz CT molecular complexity index is 4370. The van der Waals surface area contributed by atoms with Crippen LogP contribution in [0.5, 0.6) is 23.0 Å². The Labute approximate surface area is 536 Å². The molecule has 0 aliphatic rings. The van der Waals surface area contributed by atoms with Crippen molar-refractivity contribution in [1.29, 1.82) is 0 Å². The van der Waals surface area contributed by atoms with Crippen molar-refractivity contribution in [2.75, 3.05) is 13.2 Å². The Morgan fingerprint density at radius 2 is 0.778 bits per heavy atom. The maximum Gasteiger partial charge on any atom is 0.147 e. The van der Waals surface area contributed by atoms with Gasteiger partial charge in [0.2, 0.25) is 0 Å². The van der Waals surface area contributed by atoms with Crippen molar-refractivity contribution in [3.05, 3.63) is 172 Å². The lowest BCUT2D eigenvalue weighted by atomic mass is 9.71. The molecule has 0 saturated carbocycles. The van der Waals surface area contributed by atoms with Crippen molar-refractivity contribution in [1.82, 2.24) is 9.13 Å². The van der Waals surface area contributed by atoms with Crippen LogP contribution >= 0.6 is 0 Å². The zero-order valence-corrected chi connectivity index (χ0v) is 58.9. The van der Waals surface area contributed by atoms with Crippen molar-refractivity contribution < 1.29 is 28.5 Å². The van der Waals surface area contributed by atoms with E-state index in [-0.39, 0.29) is 57.2 Å². The highest BCUT2D eigenvalue weighted by Gasteiger charge is 2.34. The average Bonchev–Trinajstić information content (AvgIpc) is 1.51. The largest absolute Gasteiger partial charge is 0.505 e. The molecule has 2 heterocycles. The summed E-state index contributed by atoms with van der Waals surface area (Å²) in [6, 6.07) is 41.0. The summed E-state index contributed by atoms with van der Waals surface area (Å²) < 4.78 is 50.5. The Balaban J connectivity index is 1.06. The summed E-state index contributed by atoms with van der Waals surface area (Å²) in [5.74, 6) is 0.0827. The number of phenols is 2. The number of benzene rings is 8. The van der Waals surface area contributed by atoms with Gasteiger partial charge in [0.1, 0.15) is 34.6 Å². The van der Waals surface area contributed by atoms with E-state index in [1.54, 1.807) is 0 Å². The lowest BCUT2D eigenvalue weighted by Crippen LogP contribution is -2.37. The first kappa shape index (κ1) is 65.6. The average molecular weight is 1230 g/mol. The smallest absolute Gasteiger partial charge is 0.147 e. The summed E-state index contributed by atoms with van der Waals surface area (Å²) in [5, 5.41) is 31.9. The highest BCUT2D eigenvalue weighted by molar-refractivity contribution is 6.88. The molecule has 0 fully saturated rings. The maximum atomic E-state index is 16.3. The van der Waals surface area contributed by atoms with Crippen LogP contribution in [0.4, 0.5) is 8.78 Å². The van der Waals surface area contributed by atoms with Crippen molar-refractivity contribution in [2.24, 2.45) is 10.8 Å². The molecule has 0 aliphatic carbocycles. The van der Waals surface area contributed by atoms with E-state index >= 15 is 8.78 Å². The van der Waals surface area contributed by atoms with Gasteiger partial charge in [-0.15, -0.1) is 0 Å². The minimum absolute atomic E-state index is 0.0192. The third-order valence-electron chi connectivity index (χ3n) is 18.3. The molecule has 90 heavy (non-hydrogen) atoms. The number of ether oxygens (including phenoxy) is 2. The third kappa shape index (κ3) is 13.0. The Hall–Kier alpha value is -7.36. The molecule has 8 aromatic carbocycles. The molecule has 6 nitrogen and oxygen atoms in total. The van der Waals surface area contributed by atoms with E-state index in [1.807, 2.05) is 26.0 Å². The monoisotopic (exact) mass is 1230 g/mol. The minimum atomic E-state index is -1.79. The molecule has 0 atom stereocenters. The number of hydrogen-bond acceptors (Lipinski definition) is 4. The van der Waals surface area contributed by atoms with E-state index in [4.69, 9.17) is 9.47 Å². The number of hydrogen-bond donors (Lipinski definition) is 2. The SMILES string of the molecule is Cc1ccc2c3ccc([Si](C)(C)C)cc3n(-c3cc(C(C)(C)CC(C)(C)C)cc(-c4cc(F)cc(C)c4OCCCOc4c(C)cc(F)cc4-c4cc(C(C)(C)CC(C)(C)C)cc(-n5c6cc(C(C)(C)C)ccc6c6ccc(C(C)(C)C)cc65)c4O)c3O)c2c1. The van der Waals surface area contributed by atoms with Gasteiger partial charge in [-0.1, -0.05) is 184 Å². The predicted molar refractivity (Wildman–Crippen MR) is 380 cm³/mol. The molecular formula is C81H98F2N2O4Si. The molecule has 0 amide bonds. The van der Waals surface area contributed by atoms with E-state index in [0.29, 0.717) is 62.7 Å². The van der Waals surface area contributed by atoms with Gasteiger partial charge in [-0.3, -0.25) is 0 Å². The number of phenolic OH excluding ortho intramolecular Hbond substituents is 2. The van der Waals surface area contributed by atoms with Gasteiger partial charge in [-0.25, -0.2) is 8.78 Å². The van der Waals surface area contributed by atoms with E-state index in [0.717, 1.165) is 73.1 Å². The van der Waals surface area contributed by atoms with Crippen LogP contribution in [0.3, 0.4) is 0 Å². The summed E-state index contributed by atoms with van der Waals surface area (Å²) in [7, 11) is -1.79. The molecule has 0 unspecified atom stereocenters. The molecule has 10 rings (SSSR count). The van der Waals surface area contributed by atoms with Crippen LogP contribution in [0.25, 0.3) is 77.2 Å². The van der Waals surface area contributed by atoms with Gasteiger partial charge >= 0.3 is 0 Å². The summed E-state index contributed by atoms with van der Waals surface area (Å²) >= 11 is 0. The van der Waals surface area contributed by atoms with Gasteiger partial charge < -0.3 is 28.8 Å². The molecule has 0 spiro atoms. The summed E-state index contributed by atoms with van der Waals surface area (Å²) in [6.45, 7) is 49.0. The first-order valence-corrected chi connectivity index (χ1v) is 35.9. The zero-order valence-electron chi connectivity index (χ0n) is 57.9. The molecule has 0 bridgehead atoms. The first-order valence-electron chi connectivity index (χ1n) is 32.4. The fraction of sp³-hybridized carbons (Fsp3) is 0.407. The second-order valence-electron chi connectivity index (χ2n) is 32.9. The predicted octanol–water partition coefficient (Wildman–Crippen LogP) is 22.2. The standard InChI is InChI=1S/C81H98F2N2O4Si/c1-48-24-28-58-61-31-27-57(90(20,21)22)45-69(61)84(66(58)34-48)70-41-53(80(16,17)46-76(4,5)6)37-62(72(70)86)64-43-55(82)35-49(2)74(64)88-32-23-33-89-75-50(3)36-56(83)44-65(75)63-38-54(81(18,19)47-77(7,8)9)42-71(73(63)87)85-67-39-51(78(10,11)12)25-29-59(67)60-30-26-52(40-68(60)85)79(13,14)15/h24-31,34-45,86-87H,23,32-33,46-47H2,1-22H3. The number of fused-ring (bicyclic) bond motifs is 6. The number of aromatic nitrogens is 2. The number of halogens is 2. The normalized spacial score (nSPS) is 13.2. The van der Waals surface area contributed by atoms with Gasteiger partial charge in [0.15, 0.2) is 0 Å². The van der Waals surface area contributed by atoms with Crippen LogP contribution in [0, 0.1) is 43.2 Å². The molecule has 10 aromatic rings. The van der Waals surface area contributed by atoms with Gasteiger partial charge in [0.25, 0.3) is 0 Å². The molecule has 9 heteroatoms. The van der Waals surface area contributed by atoms with Crippen molar-refractivity contribution in [3.63, 3.8) is 0 Å². The van der Waals surface area contributed by atoms with E-state index < -0.39 is 19.7 Å². The van der Waals surface area contributed by atoms with Crippen molar-refractivity contribution in [2.45, 2.75) is 192 Å². The van der Waals surface area contributed by atoms with Crippen LogP contribution in [-0.4, -0.2) is 40.6 Å². The van der Waals surface area contributed by atoms with Crippen LogP contribution in [0.15, 0.2) is 121 Å². The van der Waals surface area contributed by atoms with Crippen LogP contribution in [0.2, 0.25) is 19.6 Å². The highest BCUT2D eigenvalue weighted by Crippen LogP contribution is 2.51. The van der Waals surface area contributed by atoms with Gasteiger partial charge in [-0.2, -0.15) is 0 Å². The second-order valence-corrected chi connectivity index (χ2v) is 38.0. The summed E-state index contributed by atoms with van der Waals surface area (Å²) in [4.78, 5) is 0. The Morgan fingerprint density at radius 3 is 1.16 bits per heavy atom. The van der Waals surface area contributed by atoms with E-state index in [1.165, 1.54) is 40.6 Å². The van der Waals surface area contributed by atoms with Crippen LogP contribution < -0.4 is 14.7 Å². The zero-order chi connectivity index (χ0) is 65.9. The van der Waals surface area contributed by atoms with Crippen LogP contribution in [0.1, 0.15) is 169 Å². The Morgan fingerprint density at radius 1 is 0.411 bits per heavy atom. The number of rotatable bonds is 15. The second kappa shape index (κ2) is 23.1. The van der Waals surface area contributed by atoms with E-state index in [9.17, 15) is 10.2 Å². The minimum Gasteiger partial charge on any atom is -0.505 e. The van der Waals surface area contributed by atoms with Crippen molar-refractivity contribution in [3.8, 4) is 56.6 Å². The molecule has 474 valence electrons. The lowest BCUT2D eigenvalue weighted by Gasteiger charge is -2.34. The summed E-state index contributed by atoms with van der Waals surface area (Å²) in [5.41, 5.74) is 12.5. The number of aryl methyl sites for hydroxylation is 3. The molecule has 0 radical (unpaired) electrons. The van der Waals surface area contributed by atoms with E-state index in [2.05, 4.69) is 231 Å². The number of aromatic hydroxyl groups is 2. The van der Waals surface area contributed by atoms with Gasteiger partial charge in [0.05, 0.1) is 54.7 Å². The molecular weight excluding hydrogens is 1130 g/mol. The number of nitrogens with zero attached hydrogens (tertiary/aromatic N) is 2. The summed E-state index contributed by atoms with van der Waals surface area (Å²) in [6.07, 6.45) is 2.07. The quantitative estimate of drug-likeness (QED) is 0.0793. The molecule has 2 aromatic heterocycles. The Kier molecular flexibility index (Phi) is 16.8. The maximum absolute atomic E-state index is 16.3. The fourth-order valence-electron chi connectivity index (χ4n) is 14.3. The molecule has 0 saturated heterocycles.